The first-order chi connectivity index (χ1) is 7.35. The molecule has 1 radical (unpaired) electrons. The molecule has 1 atom stereocenters. The molecule has 1 fully saturated rings. The van der Waals surface area contributed by atoms with Crippen LogP contribution in [0.15, 0.2) is 11.6 Å². The number of allylic oxidation sites excluding steroid dienone is 1. The van der Waals surface area contributed by atoms with E-state index in [9.17, 15) is 4.79 Å². The number of nitrogens with zero attached hydrogens (tertiary/aromatic N) is 2. The summed E-state index contributed by atoms with van der Waals surface area (Å²) in [7, 11) is 0. The molecule has 1 amide bonds. The van der Waals surface area contributed by atoms with Crippen LogP contribution < -0.4 is 0 Å². The van der Waals surface area contributed by atoms with Crippen LogP contribution in [-0.2, 0) is 4.79 Å². The number of amides is 1. The normalized spacial score (nSPS) is 22.1. The molecule has 0 bridgehead atoms. The fourth-order valence-electron chi connectivity index (χ4n) is 1.83. The largest absolute Gasteiger partial charge is 0.335 e. The Labute approximate surface area is 97.7 Å². The highest BCUT2D eigenvalue weighted by Crippen LogP contribution is 2.22. The van der Waals surface area contributed by atoms with E-state index in [1.807, 2.05) is 26.8 Å². The van der Waals surface area contributed by atoms with E-state index in [0.29, 0.717) is 0 Å². The van der Waals surface area contributed by atoms with E-state index in [1.165, 1.54) is 0 Å². The second-order valence-corrected chi connectivity index (χ2v) is 5.33. The van der Waals surface area contributed by atoms with Crippen LogP contribution in [0.2, 0.25) is 0 Å². The smallest absolute Gasteiger partial charge is 0.264 e. The molecule has 3 nitrogen and oxygen atoms in total. The van der Waals surface area contributed by atoms with Crippen molar-refractivity contribution in [3.63, 3.8) is 0 Å². The molecular formula is C13H19N2O. The molecule has 3 heteroatoms. The number of carbonyl (C=O) groups is 1. The number of hydrogen-bond acceptors (Lipinski definition) is 2. The molecule has 0 saturated carbocycles. The third kappa shape index (κ3) is 3.10. The summed E-state index contributed by atoms with van der Waals surface area (Å²) in [5.74, 6) is -0.171. The molecule has 1 rings (SSSR count). The lowest BCUT2D eigenvalue weighted by Gasteiger charge is -2.22. The van der Waals surface area contributed by atoms with Gasteiger partial charge in [0.15, 0.2) is 0 Å². The molecule has 0 aromatic rings. The van der Waals surface area contributed by atoms with Gasteiger partial charge in [-0.2, -0.15) is 5.26 Å². The number of hydrogen-bond donors (Lipinski definition) is 0. The summed E-state index contributed by atoms with van der Waals surface area (Å²) in [5.41, 5.74) is 0.0833. The lowest BCUT2D eigenvalue weighted by Crippen LogP contribution is -2.35. The first-order valence-electron chi connectivity index (χ1n) is 5.62. The van der Waals surface area contributed by atoms with Gasteiger partial charge in [0.25, 0.3) is 5.91 Å². The van der Waals surface area contributed by atoms with Gasteiger partial charge in [-0.15, -0.1) is 0 Å². The summed E-state index contributed by atoms with van der Waals surface area (Å²) in [6.07, 6.45) is 3.65. The number of likely N-dealkylation sites (tertiary alicyclic amines) is 1. The fourth-order valence-corrected chi connectivity index (χ4v) is 1.83. The van der Waals surface area contributed by atoms with E-state index in [4.69, 9.17) is 5.26 Å². The van der Waals surface area contributed by atoms with Crippen molar-refractivity contribution in [2.24, 2.45) is 5.41 Å². The van der Waals surface area contributed by atoms with Gasteiger partial charge in [-0.3, -0.25) is 4.79 Å². The van der Waals surface area contributed by atoms with Crippen molar-refractivity contribution >= 4 is 5.91 Å². The molecule has 0 aromatic heterocycles. The molecule has 1 aliphatic heterocycles. The highest BCUT2D eigenvalue weighted by Gasteiger charge is 2.28. The average Bonchev–Trinajstić information content (AvgIpc) is 2.58. The quantitative estimate of drug-likeness (QED) is 0.501. The Balaban J connectivity index is 2.87. The van der Waals surface area contributed by atoms with E-state index >= 15 is 0 Å². The van der Waals surface area contributed by atoms with Crippen LogP contribution >= 0.6 is 0 Å². The second-order valence-electron chi connectivity index (χ2n) is 5.33. The van der Waals surface area contributed by atoms with Crippen LogP contribution in [0, 0.1) is 23.7 Å². The van der Waals surface area contributed by atoms with E-state index in [2.05, 4.69) is 6.92 Å². The van der Waals surface area contributed by atoms with Gasteiger partial charge < -0.3 is 4.90 Å². The molecule has 0 spiro atoms. The maximum absolute atomic E-state index is 12.1. The highest BCUT2D eigenvalue weighted by molar-refractivity contribution is 5.97. The van der Waals surface area contributed by atoms with Crippen molar-refractivity contribution in [3.8, 4) is 6.07 Å². The predicted octanol–water partition coefficient (Wildman–Crippen LogP) is 2.31. The maximum Gasteiger partial charge on any atom is 0.264 e. The summed E-state index contributed by atoms with van der Waals surface area (Å²) in [5, 5.41) is 9.02. The van der Waals surface area contributed by atoms with Crippen molar-refractivity contribution in [2.75, 3.05) is 6.54 Å². The molecule has 0 aliphatic carbocycles. The molecule has 0 unspecified atom stereocenters. The summed E-state index contributed by atoms with van der Waals surface area (Å²) in [4.78, 5) is 13.8. The molecule has 1 aliphatic rings. The monoisotopic (exact) mass is 219 g/mol. The van der Waals surface area contributed by atoms with E-state index < -0.39 is 0 Å². The molecule has 1 saturated heterocycles. The third-order valence-corrected chi connectivity index (χ3v) is 2.57. The van der Waals surface area contributed by atoms with Crippen LogP contribution in [0.5, 0.6) is 0 Å². The zero-order valence-corrected chi connectivity index (χ0v) is 10.3. The van der Waals surface area contributed by atoms with Crippen molar-refractivity contribution in [1.29, 1.82) is 5.26 Å². The van der Waals surface area contributed by atoms with E-state index in [-0.39, 0.29) is 22.9 Å². The molecule has 0 aromatic carbocycles. The van der Waals surface area contributed by atoms with Crippen LogP contribution in [0.4, 0.5) is 0 Å². The van der Waals surface area contributed by atoms with Gasteiger partial charge in [0.05, 0.1) is 0 Å². The molecular weight excluding hydrogens is 200 g/mol. The van der Waals surface area contributed by atoms with E-state index in [0.717, 1.165) is 19.4 Å². The van der Waals surface area contributed by atoms with Crippen molar-refractivity contribution in [2.45, 2.75) is 39.7 Å². The third-order valence-electron chi connectivity index (χ3n) is 2.57. The Hall–Kier alpha value is -1.30. The molecule has 0 N–H and O–H groups in total. The van der Waals surface area contributed by atoms with E-state index in [1.54, 1.807) is 11.0 Å². The Bertz CT molecular complexity index is 344. The van der Waals surface area contributed by atoms with Gasteiger partial charge in [0.2, 0.25) is 0 Å². The van der Waals surface area contributed by atoms with Gasteiger partial charge in [-0.05, 0) is 25.2 Å². The number of nitriles is 1. The first-order valence-corrected chi connectivity index (χ1v) is 5.62. The molecule has 16 heavy (non-hydrogen) atoms. The van der Waals surface area contributed by atoms with Crippen LogP contribution in [0.25, 0.3) is 0 Å². The van der Waals surface area contributed by atoms with Gasteiger partial charge in [0.1, 0.15) is 11.6 Å². The molecule has 1 heterocycles. The van der Waals surface area contributed by atoms with Crippen LogP contribution in [0.3, 0.4) is 0 Å². The Morgan fingerprint density at radius 3 is 2.56 bits per heavy atom. The minimum absolute atomic E-state index is 0.0178. The van der Waals surface area contributed by atoms with Gasteiger partial charge in [-0.1, -0.05) is 26.8 Å². The Morgan fingerprint density at radius 2 is 2.19 bits per heavy atom. The second kappa shape index (κ2) is 4.69. The van der Waals surface area contributed by atoms with Gasteiger partial charge >= 0.3 is 0 Å². The SMILES string of the molecule is [CH2][C@@H]1CCCN1C(=O)C(C#N)=CC(C)(C)C. The maximum atomic E-state index is 12.1. The topological polar surface area (TPSA) is 44.1 Å². The van der Waals surface area contributed by atoms with Crippen molar-refractivity contribution < 1.29 is 4.79 Å². The lowest BCUT2D eigenvalue weighted by molar-refractivity contribution is -0.126. The summed E-state index contributed by atoms with van der Waals surface area (Å²) < 4.78 is 0. The highest BCUT2D eigenvalue weighted by atomic mass is 16.2. The average molecular weight is 219 g/mol. The van der Waals surface area contributed by atoms with Crippen LogP contribution in [-0.4, -0.2) is 23.4 Å². The minimum Gasteiger partial charge on any atom is -0.335 e. The summed E-state index contributed by atoms with van der Waals surface area (Å²) >= 11 is 0. The van der Waals surface area contributed by atoms with Crippen molar-refractivity contribution in [1.82, 2.24) is 4.90 Å². The zero-order chi connectivity index (χ0) is 12.3. The summed E-state index contributed by atoms with van der Waals surface area (Å²) in [6.45, 7) is 10.6. The fraction of sp³-hybridized carbons (Fsp3) is 0.615. The lowest BCUT2D eigenvalue weighted by atomic mass is 9.93. The predicted molar refractivity (Wildman–Crippen MR) is 63.2 cm³/mol. The Morgan fingerprint density at radius 1 is 1.56 bits per heavy atom. The number of rotatable bonds is 1. The molecule has 87 valence electrons. The van der Waals surface area contributed by atoms with Gasteiger partial charge in [0, 0.05) is 12.6 Å². The number of carbonyl (C=O) groups excluding carboxylic acids is 1. The van der Waals surface area contributed by atoms with Crippen molar-refractivity contribution in [3.05, 3.63) is 18.6 Å². The van der Waals surface area contributed by atoms with Crippen LogP contribution in [0.1, 0.15) is 33.6 Å². The summed E-state index contributed by atoms with van der Waals surface area (Å²) in [6, 6.07) is 2.02. The first kappa shape index (κ1) is 12.8. The minimum atomic E-state index is -0.171. The standard InChI is InChI=1S/C13H19N2O/c1-10-6-5-7-15(10)12(16)11(9-14)8-13(2,3)4/h8,10H,1,5-7H2,2-4H3/t10-/m1/s1. The Kier molecular flexibility index (Phi) is 3.74. The zero-order valence-electron chi connectivity index (χ0n) is 10.3. The van der Waals surface area contributed by atoms with Gasteiger partial charge in [-0.25, -0.2) is 0 Å².